The number of ketones is 1. The molecule has 0 saturated carbocycles. The SMILES string of the molecule is CC(=O)c1cc2cc3cc(Br)ccc3nc2sc1=O. The van der Waals surface area contributed by atoms with Gasteiger partial charge in [0.05, 0.1) is 11.1 Å². The molecule has 0 aliphatic carbocycles. The fourth-order valence-electron chi connectivity index (χ4n) is 1.93. The molecule has 3 aromatic rings. The van der Waals surface area contributed by atoms with E-state index in [0.29, 0.717) is 4.83 Å². The summed E-state index contributed by atoms with van der Waals surface area (Å²) in [6, 6.07) is 9.35. The number of carbonyl (C=O) groups is 1. The molecule has 2 heterocycles. The maximum Gasteiger partial charge on any atom is 0.245 e. The van der Waals surface area contributed by atoms with Gasteiger partial charge in [-0.25, -0.2) is 4.98 Å². The van der Waals surface area contributed by atoms with E-state index in [2.05, 4.69) is 20.9 Å². The van der Waals surface area contributed by atoms with Crippen LogP contribution in [0.25, 0.3) is 21.1 Å². The highest BCUT2D eigenvalue weighted by Crippen LogP contribution is 2.24. The van der Waals surface area contributed by atoms with Crippen molar-refractivity contribution in [3.05, 3.63) is 49.9 Å². The van der Waals surface area contributed by atoms with Crippen molar-refractivity contribution in [3.8, 4) is 0 Å². The van der Waals surface area contributed by atoms with Crippen molar-refractivity contribution in [2.45, 2.75) is 6.92 Å². The first-order valence-electron chi connectivity index (χ1n) is 5.60. The average molecular weight is 334 g/mol. The minimum atomic E-state index is -0.232. The lowest BCUT2D eigenvalue weighted by Gasteiger charge is -2.02. The minimum absolute atomic E-state index is 0.211. The topological polar surface area (TPSA) is 47.0 Å². The van der Waals surface area contributed by atoms with Gasteiger partial charge in [0, 0.05) is 15.2 Å². The molecule has 1 aromatic carbocycles. The van der Waals surface area contributed by atoms with Crippen LogP contribution in [0.4, 0.5) is 0 Å². The molecule has 0 aliphatic rings. The van der Waals surface area contributed by atoms with Gasteiger partial charge in [-0.1, -0.05) is 27.3 Å². The van der Waals surface area contributed by atoms with Crippen molar-refractivity contribution in [2.24, 2.45) is 0 Å². The van der Waals surface area contributed by atoms with Gasteiger partial charge < -0.3 is 0 Å². The van der Waals surface area contributed by atoms with Crippen molar-refractivity contribution in [2.75, 3.05) is 0 Å². The second kappa shape index (κ2) is 4.51. The largest absolute Gasteiger partial charge is 0.294 e. The van der Waals surface area contributed by atoms with E-state index in [-0.39, 0.29) is 16.1 Å². The Morgan fingerprint density at radius 2 is 2.00 bits per heavy atom. The van der Waals surface area contributed by atoms with Gasteiger partial charge in [-0.3, -0.25) is 9.59 Å². The van der Waals surface area contributed by atoms with Gasteiger partial charge in [-0.15, -0.1) is 0 Å². The average Bonchev–Trinajstić information content (AvgIpc) is 2.35. The molecule has 2 aromatic heterocycles. The van der Waals surface area contributed by atoms with Crippen LogP contribution >= 0.6 is 27.3 Å². The number of benzene rings is 1. The van der Waals surface area contributed by atoms with E-state index in [4.69, 9.17) is 0 Å². The number of hydrogen-bond donors (Lipinski definition) is 0. The molecule has 94 valence electrons. The molecule has 0 atom stereocenters. The number of carbonyl (C=O) groups excluding carboxylic acids is 1. The van der Waals surface area contributed by atoms with Crippen LogP contribution in [0, 0.1) is 0 Å². The highest BCUT2D eigenvalue weighted by molar-refractivity contribution is 9.10. The summed E-state index contributed by atoms with van der Waals surface area (Å²) in [6.07, 6.45) is 0. The van der Waals surface area contributed by atoms with E-state index in [0.717, 1.165) is 32.1 Å². The molecule has 19 heavy (non-hydrogen) atoms. The van der Waals surface area contributed by atoms with E-state index >= 15 is 0 Å². The van der Waals surface area contributed by atoms with Crippen LogP contribution in [-0.4, -0.2) is 10.8 Å². The van der Waals surface area contributed by atoms with Gasteiger partial charge in [0.25, 0.3) is 0 Å². The normalized spacial score (nSPS) is 11.1. The smallest absolute Gasteiger partial charge is 0.245 e. The summed E-state index contributed by atoms with van der Waals surface area (Å²) in [4.78, 5) is 28.3. The van der Waals surface area contributed by atoms with Crippen LogP contribution in [0.2, 0.25) is 0 Å². The van der Waals surface area contributed by atoms with Crippen LogP contribution in [0.5, 0.6) is 0 Å². The lowest BCUT2D eigenvalue weighted by molar-refractivity contribution is 0.101. The third kappa shape index (κ3) is 2.19. The van der Waals surface area contributed by atoms with Gasteiger partial charge in [0.2, 0.25) is 4.74 Å². The maximum absolute atomic E-state index is 11.8. The number of rotatable bonds is 1. The van der Waals surface area contributed by atoms with Gasteiger partial charge in [-0.2, -0.15) is 0 Å². The number of hydrogen-bond acceptors (Lipinski definition) is 4. The monoisotopic (exact) mass is 333 g/mol. The molecule has 0 saturated heterocycles. The Hall–Kier alpha value is -1.59. The molecule has 3 nitrogen and oxygen atoms in total. The first-order valence-corrected chi connectivity index (χ1v) is 7.20. The van der Waals surface area contributed by atoms with Crippen molar-refractivity contribution in [1.29, 1.82) is 0 Å². The number of nitrogens with zero attached hydrogens (tertiary/aromatic N) is 1. The highest BCUT2D eigenvalue weighted by atomic mass is 79.9. The molecule has 0 N–H and O–H groups in total. The first kappa shape index (κ1) is 12.4. The van der Waals surface area contributed by atoms with Crippen molar-refractivity contribution in [3.63, 3.8) is 0 Å². The molecule has 0 radical (unpaired) electrons. The predicted octanol–water partition coefficient (Wildman–Crippen LogP) is 3.77. The number of Topliss-reactive ketones (excluding diaryl/α,β-unsaturated/α-hetero) is 1. The molecular weight excluding hydrogens is 326 g/mol. The molecule has 0 aliphatic heterocycles. The lowest BCUT2D eigenvalue weighted by Crippen LogP contribution is -2.08. The second-order valence-corrected chi connectivity index (χ2v) is 6.10. The zero-order valence-corrected chi connectivity index (χ0v) is 12.3. The van der Waals surface area contributed by atoms with Gasteiger partial charge >= 0.3 is 0 Å². The summed E-state index contributed by atoms with van der Waals surface area (Å²) in [5.74, 6) is -0.211. The third-order valence-corrected chi connectivity index (χ3v) is 4.28. The Balaban J connectivity index is 2.42. The van der Waals surface area contributed by atoms with Crippen molar-refractivity contribution >= 4 is 54.2 Å². The fraction of sp³-hybridized carbons (Fsp3) is 0.0714. The maximum atomic E-state index is 11.8. The summed E-state index contributed by atoms with van der Waals surface area (Å²) < 4.78 is 0.737. The molecule has 3 rings (SSSR count). The number of halogens is 1. The van der Waals surface area contributed by atoms with E-state index in [1.165, 1.54) is 6.92 Å². The van der Waals surface area contributed by atoms with Gasteiger partial charge in [-0.05, 0) is 37.3 Å². The summed E-state index contributed by atoms with van der Waals surface area (Å²) >= 11 is 4.43. The first-order chi connectivity index (χ1) is 9.04. The van der Waals surface area contributed by atoms with Crippen molar-refractivity contribution in [1.82, 2.24) is 4.98 Å². The molecule has 0 fully saturated rings. The standard InChI is InChI=1S/C14H8BrNO2S/c1-7(17)11-6-9-4-8-5-10(15)2-3-12(8)16-13(9)19-14(11)18/h2-6H,1H3. The van der Waals surface area contributed by atoms with Crippen LogP contribution in [0.1, 0.15) is 17.3 Å². The van der Waals surface area contributed by atoms with E-state index < -0.39 is 0 Å². The Kier molecular flexibility index (Phi) is 2.95. The number of fused-ring (bicyclic) bond motifs is 2. The van der Waals surface area contributed by atoms with Gasteiger partial charge in [0.1, 0.15) is 4.83 Å². The van der Waals surface area contributed by atoms with Crippen molar-refractivity contribution < 1.29 is 4.79 Å². The van der Waals surface area contributed by atoms with Gasteiger partial charge in [0.15, 0.2) is 5.78 Å². The summed E-state index contributed by atoms with van der Waals surface area (Å²) in [5, 5.41) is 1.79. The summed E-state index contributed by atoms with van der Waals surface area (Å²) in [5.41, 5.74) is 1.07. The summed E-state index contributed by atoms with van der Waals surface area (Å²) in [7, 11) is 0. The molecule has 0 unspecified atom stereocenters. The fourth-order valence-corrected chi connectivity index (χ4v) is 3.18. The van der Waals surface area contributed by atoms with Crippen LogP contribution in [0.3, 0.4) is 0 Å². The van der Waals surface area contributed by atoms with Crippen LogP contribution in [-0.2, 0) is 0 Å². The quantitative estimate of drug-likeness (QED) is 0.503. The zero-order valence-electron chi connectivity index (χ0n) is 9.94. The Morgan fingerprint density at radius 3 is 2.74 bits per heavy atom. The molecular formula is C14H8BrNO2S. The van der Waals surface area contributed by atoms with E-state index in [9.17, 15) is 9.59 Å². The second-order valence-electron chi connectivity index (χ2n) is 4.22. The van der Waals surface area contributed by atoms with Crippen LogP contribution < -0.4 is 4.74 Å². The van der Waals surface area contributed by atoms with Crippen LogP contribution in [0.15, 0.2) is 39.6 Å². The minimum Gasteiger partial charge on any atom is -0.294 e. The Labute approximate surface area is 121 Å². The molecule has 0 bridgehead atoms. The number of pyridine rings is 1. The van der Waals surface area contributed by atoms with E-state index in [1.54, 1.807) is 6.07 Å². The summed E-state index contributed by atoms with van der Waals surface area (Å²) in [6.45, 7) is 1.40. The molecule has 0 amide bonds. The van der Waals surface area contributed by atoms with E-state index in [1.807, 2.05) is 24.3 Å². The third-order valence-electron chi connectivity index (χ3n) is 2.86. The predicted molar refractivity (Wildman–Crippen MR) is 81.1 cm³/mol. The highest BCUT2D eigenvalue weighted by Gasteiger charge is 2.09. The molecule has 5 heteroatoms. The zero-order chi connectivity index (χ0) is 13.6. The lowest BCUT2D eigenvalue weighted by atomic mass is 10.1. The Morgan fingerprint density at radius 1 is 1.21 bits per heavy atom. The Bertz CT molecular complexity index is 886. The number of aromatic nitrogens is 1. The molecule has 0 spiro atoms.